The van der Waals surface area contributed by atoms with Gasteiger partial charge in [-0.15, -0.1) is 0 Å². The third-order valence-electron chi connectivity index (χ3n) is 21.6. The second-order valence-corrected chi connectivity index (χ2v) is 33.1. The van der Waals surface area contributed by atoms with E-state index in [4.69, 9.17) is 48.0 Å². The average Bonchev–Trinajstić information content (AvgIpc) is 0.733. The van der Waals surface area contributed by atoms with Crippen LogP contribution in [-0.2, 0) is 48.0 Å². The predicted molar refractivity (Wildman–Crippen MR) is 524 cm³/mol. The van der Waals surface area contributed by atoms with Crippen LogP contribution in [-0.4, -0.2) is 0 Å². The molecule has 0 aliphatic carbocycles. The molecule has 0 fully saturated rings. The van der Waals surface area contributed by atoms with Gasteiger partial charge >= 0.3 is 0 Å². The van der Waals surface area contributed by atoms with E-state index < -0.39 is 98.5 Å². The lowest BCUT2D eigenvalue weighted by Crippen LogP contribution is -2.32. The van der Waals surface area contributed by atoms with Crippen molar-refractivity contribution in [2.24, 2.45) is 46.6 Å². The lowest BCUT2D eigenvalue weighted by atomic mass is 9.86. The summed E-state index contributed by atoms with van der Waals surface area (Å²) in [5, 5.41) is 0. The van der Waals surface area contributed by atoms with Crippen LogP contribution in [0.4, 0.5) is 0 Å². The van der Waals surface area contributed by atoms with Gasteiger partial charge in [-0.2, -0.15) is 0 Å². The topological polar surface area (TPSA) is 19.4 Å². The van der Waals surface area contributed by atoms with Gasteiger partial charge in [0.1, 0.15) is 35.2 Å². The van der Waals surface area contributed by atoms with Crippen molar-refractivity contribution in [3.63, 3.8) is 0 Å². The molecule has 0 amide bonds. The molecule has 0 atom stereocenters. The largest absolute Gasteiger partial charge is 0.212 e. The number of hydrogen-bond donors (Lipinski definition) is 0. The summed E-state index contributed by atoms with van der Waals surface area (Å²) in [4.78, 5) is 0. The summed E-state index contributed by atoms with van der Waals surface area (Å²) in [6.07, 6.45) is 4.25. The fourth-order valence-electron chi connectivity index (χ4n) is 15.2. The molecule has 0 N–H and O–H groups in total. The van der Waals surface area contributed by atoms with Crippen LogP contribution < -0.4 is 22.8 Å². The number of nitrogens with zero attached hydrogens (tertiary/aromatic N) is 5. The van der Waals surface area contributed by atoms with Gasteiger partial charge in [0, 0.05) is 134 Å². The van der Waals surface area contributed by atoms with Crippen molar-refractivity contribution in [2.75, 3.05) is 0 Å². The first-order valence-corrected chi connectivity index (χ1v) is 41.1. The molecule has 0 radical (unpaired) electrons. The van der Waals surface area contributed by atoms with Gasteiger partial charge < -0.3 is 0 Å². The lowest BCUT2D eigenvalue weighted by molar-refractivity contribution is -0.660. The highest BCUT2D eigenvalue weighted by molar-refractivity contribution is 5.81. The maximum atomic E-state index is 8.85. The molecular weight excluding hydrogens is 1490 g/mol. The molecule has 123 heavy (non-hydrogen) atoms. The molecule has 0 bridgehead atoms. The number of pyridine rings is 5. The maximum absolute atomic E-state index is 8.85. The summed E-state index contributed by atoms with van der Waals surface area (Å²) in [7, 11) is 8.94. The predicted octanol–water partition coefficient (Wildman–Crippen LogP) is 28.1. The Bertz CT molecular complexity index is 7740. The Hall–Kier alpha value is -12.1. The molecule has 628 valence electrons. The first-order chi connectivity index (χ1) is 72.4. The molecule has 5 heterocycles. The fourth-order valence-corrected chi connectivity index (χ4v) is 15.2. The van der Waals surface area contributed by atoms with Crippen LogP contribution >= 0.6 is 0 Å². The summed E-state index contributed by atoms with van der Waals surface area (Å²) >= 11 is 0. The highest BCUT2D eigenvalue weighted by atomic mass is 14.9. The fraction of sp³-hybridized carbons (Fsp3) is 0.280. The minimum Gasteiger partial charge on any atom is -0.201 e. The van der Waals surface area contributed by atoms with Gasteiger partial charge in [0.15, 0.2) is 31.0 Å². The van der Waals surface area contributed by atoms with Crippen molar-refractivity contribution in [3.05, 3.63) is 385 Å². The average molecular weight is 1660 g/mol. The Labute approximate surface area is 789 Å². The molecule has 5 heteroatoms. The number of aromatic nitrogens is 5. The standard InChI is InChI=1S/C26H32N.C25H30N.C24H28N.C22H24N.C21H22N/c1-18-13-19(2)24(15-23(18)21-11-9-8-10-12-21)25-14-22(16-26(4,5)6)20(3)17-27(25)7;1-17(2)12-22-14-25(26(6)16-20(22)5)24-15-23(18(3)13-19(24)4)21-10-8-7-9-11-21;1-16(2)21-14-24(25(6)15-19(21)5)23-13-22(17(3)12-18(23)4)20-10-8-7-9-11-20;1-15-12-22(23(5)14-18(15)4)21-13-20(16(2)11-17(21)3)19-9-7-6-8-10-19;1-15-9-5-6-10-18(15)19-14-20(17(3)13-16(19)2)21-11-7-8-12-22(21)4/h8-15,17H,16H2,1-7H3;7-11,13-17H,12H2,1-6H3;7-16H,1-6H3;6-14H,1-5H3;5-14H,1-4H3/q5*+1/i1D3,3D3,16D2;3D3,5D3,12D2;3D3,5D3,16D;2D3,4D3;1D3,2D3. The molecular formula is C118H136N5+5. The summed E-state index contributed by atoms with van der Waals surface area (Å²) in [6.45, 7) is -0.353. The number of hydrogen-bond acceptors (Lipinski definition) is 0. The van der Waals surface area contributed by atoms with Crippen LogP contribution in [0, 0.1) is 121 Å². The van der Waals surface area contributed by atoms with E-state index in [2.05, 4.69) is 0 Å². The van der Waals surface area contributed by atoms with Gasteiger partial charge in [0.2, 0.25) is 28.5 Å². The Morgan fingerprint density at radius 3 is 0.959 bits per heavy atom. The van der Waals surface area contributed by atoms with Crippen LogP contribution in [0.3, 0.4) is 0 Å². The van der Waals surface area contributed by atoms with Gasteiger partial charge in [0.25, 0.3) is 0 Å². The van der Waals surface area contributed by atoms with Crippen molar-refractivity contribution in [2.45, 2.75) is 177 Å². The first-order valence-electron chi connectivity index (χ1n) is 58.6. The highest BCUT2D eigenvalue weighted by Crippen LogP contribution is 2.39. The molecule has 0 saturated carbocycles. The first kappa shape index (κ1) is 55.2. The molecule has 0 aliphatic rings. The minimum absolute atomic E-state index is 0.0301. The highest BCUT2D eigenvalue weighted by Gasteiger charge is 2.26. The van der Waals surface area contributed by atoms with E-state index in [0.717, 1.165) is 72.7 Å². The summed E-state index contributed by atoms with van der Waals surface area (Å²) < 4.78 is 291. The Balaban J connectivity index is 0.000000186. The van der Waals surface area contributed by atoms with E-state index in [1.54, 1.807) is 180 Å². The molecule has 15 aromatic rings. The molecule has 0 unspecified atom stereocenters. The van der Waals surface area contributed by atoms with Gasteiger partial charge in [-0.05, 0) is 316 Å². The van der Waals surface area contributed by atoms with E-state index in [1.165, 1.54) is 18.5 Å². The van der Waals surface area contributed by atoms with E-state index >= 15 is 0 Å². The minimum atomic E-state index is -2.50. The SMILES string of the molecule is [2H]C([2H])([2H])c1c[n+](C)c(-c2cc(-c3ccccc3)c(C([2H])([2H])[2H])cc2C)cc1C.[2H]C([2H])([2H])c1cc(C)c(-c2cc(C([2H])(C)C)c(C([2H])([2H])[2H])c[n+]2C)cc1-c1ccccc1.[2H]C([2H])([2H])c1cc(C)c(-c2cc(C([2H])([2H])C(C)(C)C)c(C([2H])([2H])[2H])c[n+]2C)cc1-c1ccccc1.[2H]C([2H])([2H])c1cc(C)c(-c2cc(C([2H])([2H])C(C)C)c(C([2H])([2H])[2H])c[n+]2C)cc1-c1ccccc1.[2H]C([2H])([2H])c1ccccc1-c1cc(-c2cccc[n+]2C)c(C)cc1C([2H])([2H])[2H]. The number of aryl methyl sites for hydroxylation is 21. The van der Waals surface area contributed by atoms with Crippen molar-refractivity contribution < 1.29 is 70.8 Å². The van der Waals surface area contributed by atoms with Gasteiger partial charge in [-0.1, -0.05) is 224 Å². The molecule has 0 spiro atoms. The maximum Gasteiger partial charge on any atom is 0.212 e. The van der Waals surface area contributed by atoms with Crippen molar-refractivity contribution >= 4 is 0 Å². The summed E-state index contributed by atoms with van der Waals surface area (Å²) in [6, 6.07) is 74.1. The molecule has 5 nitrogen and oxygen atoms in total. The molecule has 5 aromatic heterocycles. The van der Waals surface area contributed by atoms with E-state index in [1.807, 2.05) is 229 Å². The van der Waals surface area contributed by atoms with Gasteiger partial charge in [-0.25, -0.2) is 22.8 Å². The van der Waals surface area contributed by atoms with Crippen LogP contribution in [0.15, 0.2) is 280 Å². The van der Waals surface area contributed by atoms with Crippen LogP contribution in [0.1, 0.15) is 208 Å². The van der Waals surface area contributed by atoms with Crippen LogP contribution in [0.25, 0.3) is 112 Å². The number of benzene rings is 10. The quantitative estimate of drug-likeness (QED) is 0.0967. The van der Waals surface area contributed by atoms with Crippen molar-refractivity contribution in [3.8, 4) is 112 Å². The smallest absolute Gasteiger partial charge is 0.201 e. The second-order valence-electron chi connectivity index (χ2n) is 33.1. The number of rotatable bonds is 14. The third kappa shape index (κ3) is 22.4. The van der Waals surface area contributed by atoms with Crippen LogP contribution in [0.2, 0.25) is 0 Å². The second kappa shape index (κ2) is 40.3. The monoisotopic (exact) mass is 1660 g/mol. The zero-order valence-electron chi connectivity index (χ0n) is 109. The molecule has 0 saturated heterocycles. The van der Waals surface area contributed by atoms with Crippen LogP contribution in [0.5, 0.6) is 0 Å². The van der Waals surface area contributed by atoms with Crippen molar-refractivity contribution in [1.29, 1.82) is 0 Å². The summed E-state index contributed by atoms with van der Waals surface area (Å²) in [5.74, 6) is -1.57. The zero-order valence-corrected chi connectivity index (χ0v) is 73.9. The van der Waals surface area contributed by atoms with E-state index in [0.29, 0.717) is 89.3 Å². The summed E-state index contributed by atoms with van der Waals surface area (Å²) in [5.41, 5.74) is 20.1. The zero-order chi connectivity index (χ0) is 119. The van der Waals surface area contributed by atoms with Gasteiger partial charge in [0.05, 0.1) is 0 Å². The molecule has 0 aliphatic heterocycles. The molecule has 15 rings (SSSR count). The normalized spacial score (nSPS) is 16.7. The van der Waals surface area contributed by atoms with E-state index in [-0.39, 0.29) is 55.6 Å². The molecule has 10 aromatic carbocycles. The van der Waals surface area contributed by atoms with Crippen molar-refractivity contribution in [1.82, 2.24) is 0 Å². The Morgan fingerprint density at radius 2 is 0.585 bits per heavy atom. The van der Waals surface area contributed by atoms with E-state index in [9.17, 15) is 0 Å². The Kier molecular flexibility index (Phi) is 18.1. The van der Waals surface area contributed by atoms with Gasteiger partial charge in [-0.3, -0.25) is 0 Å². The Morgan fingerprint density at radius 1 is 0.268 bits per heavy atom. The third-order valence-corrected chi connectivity index (χ3v) is 21.6. The lowest BCUT2D eigenvalue weighted by Gasteiger charge is -2.20.